The van der Waals surface area contributed by atoms with Gasteiger partial charge in [0, 0.05) is 10.6 Å². The highest BCUT2D eigenvalue weighted by atomic mass is 35.5. The maximum absolute atomic E-state index is 14.0. The number of rotatable bonds is 9. The largest absolute Gasteiger partial charge is 0.488 e. The molecule has 0 radical (unpaired) electrons. The van der Waals surface area contributed by atoms with Crippen molar-refractivity contribution in [2.24, 2.45) is 4.99 Å². The molecule has 1 atom stereocenters. The fraction of sp³-hybridized carbons (Fsp3) is 0.235. The molecule has 0 saturated carbocycles. The summed E-state index contributed by atoms with van der Waals surface area (Å²) in [5, 5.41) is 0.480. The van der Waals surface area contributed by atoms with E-state index in [1.54, 1.807) is 73.9 Å². The van der Waals surface area contributed by atoms with Gasteiger partial charge in [-0.15, -0.1) is 0 Å². The van der Waals surface area contributed by atoms with Crippen LogP contribution in [0.5, 0.6) is 5.75 Å². The Hall–Kier alpha value is -4.47. The van der Waals surface area contributed by atoms with Gasteiger partial charge in [0.2, 0.25) is 0 Å². The summed E-state index contributed by atoms with van der Waals surface area (Å²) in [4.78, 5) is 44.2. The predicted molar refractivity (Wildman–Crippen MR) is 170 cm³/mol. The van der Waals surface area contributed by atoms with Gasteiger partial charge in [0.1, 0.15) is 12.4 Å². The lowest BCUT2D eigenvalue weighted by molar-refractivity contribution is -0.139. The topological polar surface area (TPSA) is 96.2 Å². The van der Waals surface area contributed by atoms with Gasteiger partial charge < -0.3 is 14.2 Å². The highest BCUT2D eigenvalue weighted by Gasteiger charge is 2.33. The van der Waals surface area contributed by atoms with Crippen LogP contribution in [0.25, 0.3) is 6.08 Å². The van der Waals surface area contributed by atoms with Crippen LogP contribution in [0.1, 0.15) is 59.4 Å². The lowest BCUT2D eigenvalue weighted by atomic mass is 9.95. The Balaban J connectivity index is 1.53. The van der Waals surface area contributed by atoms with Gasteiger partial charge in [-0.3, -0.25) is 9.36 Å². The summed E-state index contributed by atoms with van der Waals surface area (Å²) in [6, 6.07) is 19.2. The van der Waals surface area contributed by atoms with Crippen LogP contribution in [0.4, 0.5) is 0 Å². The number of ether oxygens (including phenoxy) is 3. The summed E-state index contributed by atoms with van der Waals surface area (Å²) >= 11 is 7.58. The molecular formula is C34H31ClN2O6S. The zero-order valence-electron chi connectivity index (χ0n) is 24.8. The van der Waals surface area contributed by atoms with Gasteiger partial charge in [-0.2, -0.15) is 0 Å². The molecule has 4 aromatic rings. The van der Waals surface area contributed by atoms with Crippen LogP contribution in [-0.4, -0.2) is 29.7 Å². The molecule has 8 nitrogen and oxygen atoms in total. The number of fused-ring (bicyclic) bond motifs is 1. The number of carbonyl (C=O) groups is 2. The number of esters is 2. The van der Waals surface area contributed by atoms with Crippen molar-refractivity contribution >= 4 is 41.0 Å². The molecule has 0 unspecified atom stereocenters. The molecule has 0 saturated heterocycles. The van der Waals surface area contributed by atoms with Gasteiger partial charge in [-0.1, -0.05) is 64.9 Å². The second-order valence-corrected chi connectivity index (χ2v) is 11.5. The van der Waals surface area contributed by atoms with Crippen LogP contribution in [-0.2, 0) is 20.9 Å². The van der Waals surface area contributed by atoms with Crippen molar-refractivity contribution in [2.75, 3.05) is 13.2 Å². The maximum atomic E-state index is 14.0. The van der Waals surface area contributed by atoms with Crippen LogP contribution < -0.4 is 19.6 Å². The van der Waals surface area contributed by atoms with Crippen molar-refractivity contribution in [3.8, 4) is 5.75 Å². The van der Waals surface area contributed by atoms with Crippen molar-refractivity contribution < 1.29 is 23.8 Å². The zero-order chi connectivity index (χ0) is 31.4. The molecule has 44 heavy (non-hydrogen) atoms. The Morgan fingerprint density at radius 3 is 2.32 bits per heavy atom. The standard InChI is InChI=1S/C34H31ClN2O6S/c1-5-41-32(39)24-13-9-22(10-14-24)19-43-27-16-15-26(35)17-25(27)18-28-31(38)37-30(23-11-7-20(3)8-12-23)29(33(40)42-6-2)21(4)36-34(37)44-28/h7-18,30H,5-6,19H2,1-4H3/b28-18-/t30-/m1/s1. The average Bonchev–Trinajstić information content (AvgIpc) is 3.30. The number of nitrogens with zero attached hydrogens (tertiary/aromatic N) is 2. The lowest BCUT2D eigenvalue weighted by Crippen LogP contribution is -2.39. The summed E-state index contributed by atoms with van der Waals surface area (Å²) in [7, 11) is 0. The highest BCUT2D eigenvalue weighted by Crippen LogP contribution is 2.31. The first kappa shape index (κ1) is 31.0. The number of benzene rings is 3. The number of halogens is 1. The number of aryl methyl sites for hydroxylation is 1. The third kappa shape index (κ3) is 6.54. The van der Waals surface area contributed by atoms with Gasteiger partial charge in [0.05, 0.1) is 40.6 Å². The van der Waals surface area contributed by atoms with Crippen LogP contribution in [0, 0.1) is 6.92 Å². The molecule has 0 spiro atoms. The fourth-order valence-corrected chi connectivity index (χ4v) is 6.09. The fourth-order valence-electron chi connectivity index (χ4n) is 4.87. The number of allylic oxidation sites excluding steroid dienone is 1. The Kier molecular flexibility index (Phi) is 9.46. The molecule has 1 aliphatic heterocycles. The van der Waals surface area contributed by atoms with E-state index in [-0.39, 0.29) is 24.7 Å². The molecular weight excluding hydrogens is 600 g/mol. The van der Waals surface area contributed by atoms with Crippen molar-refractivity contribution in [1.82, 2.24) is 4.57 Å². The van der Waals surface area contributed by atoms with Gasteiger partial charge in [0.15, 0.2) is 4.80 Å². The van der Waals surface area contributed by atoms with Crippen LogP contribution >= 0.6 is 22.9 Å². The van der Waals surface area contributed by atoms with E-state index in [0.29, 0.717) is 49.1 Å². The minimum absolute atomic E-state index is 0.202. The molecule has 0 amide bonds. The number of hydrogen-bond acceptors (Lipinski definition) is 8. The first-order valence-corrected chi connectivity index (χ1v) is 15.3. The Bertz CT molecular complexity index is 1920. The van der Waals surface area contributed by atoms with E-state index in [0.717, 1.165) is 16.7 Å². The smallest absolute Gasteiger partial charge is 0.338 e. The molecule has 0 N–H and O–H groups in total. The SMILES string of the molecule is CCOC(=O)C1=C(C)N=c2s/c(=C\c3cc(Cl)ccc3OCc3ccc(C(=O)OCC)cc3)c(=O)n2[C@@H]1c1ccc(C)cc1. The number of thiazole rings is 1. The first-order chi connectivity index (χ1) is 21.2. The van der Waals surface area contributed by atoms with Crippen molar-refractivity contribution in [1.29, 1.82) is 0 Å². The van der Waals surface area contributed by atoms with E-state index in [1.165, 1.54) is 11.3 Å². The van der Waals surface area contributed by atoms with Gasteiger partial charge in [0.25, 0.3) is 5.56 Å². The molecule has 10 heteroatoms. The Morgan fingerprint density at radius 2 is 1.64 bits per heavy atom. The molecule has 1 aromatic heterocycles. The summed E-state index contributed by atoms with van der Waals surface area (Å²) in [5.41, 5.74) is 4.29. The summed E-state index contributed by atoms with van der Waals surface area (Å²) in [6.45, 7) is 7.97. The van der Waals surface area contributed by atoms with E-state index < -0.39 is 12.0 Å². The molecule has 0 bridgehead atoms. The van der Waals surface area contributed by atoms with Crippen LogP contribution in [0.3, 0.4) is 0 Å². The molecule has 3 aromatic carbocycles. The molecule has 226 valence electrons. The molecule has 5 rings (SSSR count). The monoisotopic (exact) mass is 630 g/mol. The van der Waals surface area contributed by atoms with E-state index in [2.05, 4.69) is 4.99 Å². The number of carbonyl (C=O) groups excluding carboxylic acids is 2. The summed E-state index contributed by atoms with van der Waals surface area (Å²) < 4.78 is 18.5. The Morgan fingerprint density at radius 1 is 0.955 bits per heavy atom. The van der Waals surface area contributed by atoms with Gasteiger partial charge in [-0.25, -0.2) is 14.6 Å². The van der Waals surface area contributed by atoms with Crippen LogP contribution in [0.2, 0.25) is 5.02 Å². The average molecular weight is 631 g/mol. The van der Waals surface area contributed by atoms with Crippen molar-refractivity contribution in [3.63, 3.8) is 0 Å². The van der Waals surface area contributed by atoms with Crippen LogP contribution in [0.15, 0.2) is 87.8 Å². The Labute approximate surface area is 263 Å². The minimum Gasteiger partial charge on any atom is -0.488 e. The molecule has 2 heterocycles. The normalized spacial score (nSPS) is 14.6. The van der Waals surface area contributed by atoms with Gasteiger partial charge in [-0.05, 0) is 75.2 Å². The van der Waals surface area contributed by atoms with E-state index in [4.69, 9.17) is 25.8 Å². The third-order valence-electron chi connectivity index (χ3n) is 7.03. The quantitative estimate of drug-likeness (QED) is 0.226. The van der Waals surface area contributed by atoms with Crippen molar-refractivity contribution in [3.05, 3.63) is 131 Å². The van der Waals surface area contributed by atoms with Gasteiger partial charge >= 0.3 is 11.9 Å². The number of aromatic nitrogens is 1. The number of hydrogen-bond donors (Lipinski definition) is 0. The second-order valence-electron chi connectivity index (χ2n) is 10.1. The van der Waals surface area contributed by atoms with E-state index >= 15 is 0 Å². The predicted octanol–water partition coefficient (Wildman–Crippen LogP) is 5.52. The molecule has 0 fully saturated rings. The maximum Gasteiger partial charge on any atom is 0.338 e. The molecule has 1 aliphatic rings. The summed E-state index contributed by atoms with van der Waals surface area (Å²) in [6.07, 6.45) is 1.73. The summed E-state index contributed by atoms with van der Waals surface area (Å²) in [5.74, 6) is -0.363. The third-order valence-corrected chi connectivity index (χ3v) is 8.25. The first-order valence-electron chi connectivity index (χ1n) is 14.1. The second kappa shape index (κ2) is 13.4. The highest BCUT2D eigenvalue weighted by molar-refractivity contribution is 7.07. The lowest BCUT2D eigenvalue weighted by Gasteiger charge is -2.24. The molecule has 0 aliphatic carbocycles. The van der Waals surface area contributed by atoms with Crippen molar-refractivity contribution in [2.45, 2.75) is 40.3 Å². The minimum atomic E-state index is -0.694. The zero-order valence-corrected chi connectivity index (χ0v) is 26.3. The van der Waals surface area contributed by atoms with E-state index in [1.807, 2.05) is 31.2 Å². The van der Waals surface area contributed by atoms with E-state index in [9.17, 15) is 14.4 Å².